The molecule has 11 heteroatoms. The predicted molar refractivity (Wildman–Crippen MR) is 152 cm³/mol. The summed E-state index contributed by atoms with van der Waals surface area (Å²) < 4.78 is 32.2. The Labute approximate surface area is 240 Å². The molecule has 0 saturated heterocycles. The monoisotopic (exact) mass is 597 g/mol. The molecule has 1 heterocycles. The van der Waals surface area contributed by atoms with Crippen molar-refractivity contribution in [3.8, 4) is 0 Å². The van der Waals surface area contributed by atoms with Crippen molar-refractivity contribution in [2.75, 3.05) is 7.05 Å². The van der Waals surface area contributed by atoms with Crippen molar-refractivity contribution in [1.29, 1.82) is 0 Å². The van der Waals surface area contributed by atoms with Crippen LogP contribution in [-0.4, -0.2) is 42.6 Å². The van der Waals surface area contributed by atoms with Crippen LogP contribution in [0.2, 0.25) is 10.0 Å². The third-order valence-electron chi connectivity index (χ3n) is 5.93. The Morgan fingerprint density at radius 1 is 0.850 bits per heavy atom. The molecule has 204 valence electrons. The molecule has 4 aromatic rings. The lowest BCUT2D eigenvalue weighted by Gasteiger charge is -2.30. The van der Waals surface area contributed by atoms with Crippen LogP contribution in [0.15, 0.2) is 95.5 Å². The third-order valence-corrected chi connectivity index (χ3v) is 8.30. The zero-order chi connectivity index (χ0) is 29.2. The van der Waals surface area contributed by atoms with Gasteiger partial charge in [0.25, 0.3) is 10.0 Å². The highest BCUT2D eigenvalue weighted by Gasteiger charge is 2.39. The van der Waals surface area contributed by atoms with E-state index in [2.05, 4.69) is 0 Å². The maximum Gasteiger partial charge on any atom is 0.337 e. The Hall–Kier alpha value is -4.18. The number of hydrogen-bond acceptors (Lipinski definition) is 6. The lowest BCUT2D eigenvalue weighted by Crippen LogP contribution is -2.35. The van der Waals surface area contributed by atoms with Crippen molar-refractivity contribution < 1.29 is 32.6 Å². The topological polar surface area (TPSA) is 118 Å². The number of rotatable bonds is 4. The van der Waals surface area contributed by atoms with Crippen LogP contribution in [0.3, 0.4) is 0 Å². The molecule has 0 aromatic heterocycles. The summed E-state index contributed by atoms with van der Waals surface area (Å²) in [7, 11) is -2.69. The smallest absolute Gasteiger partial charge is 0.337 e. The van der Waals surface area contributed by atoms with Crippen molar-refractivity contribution >= 4 is 67.5 Å². The first kappa shape index (κ1) is 28.8. The minimum absolute atomic E-state index is 0.0196. The summed E-state index contributed by atoms with van der Waals surface area (Å²) in [6, 6.07) is 23.0. The number of hydrogen-bond donors (Lipinski definition) is 1. The van der Waals surface area contributed by atoms with Gasteiger partial charge in [-0.25, -0.2) is 13.2 Å². The number of ether oxygens (including phenoxy) is 1. The number of benzene rings is 4. The standard InChI is InChI=1S/C22H17NO5S.C7H4Cl2O2/c1-14(24)28-22-18-9-5-6-10-19(18)29(26,27)23(2)20(22)21(25)17-12-11-15-7-3-4-8-16(15)13-17;8-4-1-2-5(7(10)11)6(9)3-4/h3-13H,1-2H3;1-3H,(H,10,11). The van der Waals surface area contributed by atoms with E-state index in [4.69, 9.17) is 33.0 Å². The van der Waals surface area contributed by atoms with Crippen LogP contribution in [0.1, 0.15) is 33.2 Å². The first-order chi connectivity index (χ1) is 18.9. The highest BCUT2D eigenvalue weighted by Crippen LogP contribution is 2.38. The number of nitrogens with zero attached hydrogens (tertiary/aromatic N) is 1. The molecule has 0 saturated carbocycles. The molecule has 0 amide bonds. The number of carboxylic acid groups (broad SMARTS) is 1. The second-order valence-electron chi connectivity index (χ2n) is 8.56. The van der Waals surface area contributed by atoms with Gasteiger partial charge >= 0.3 is 11.9 Å². The number of Topliss-reactive ketones (excluding diaryl/α,β-unsaturated/α-hetero) is 1. The molecule has 1 N–H and O–H groups in total. The molecule has 5 rings (SSSR count). The van der Waals surface area contributed by atoms with E-state index >= 15 is 0 Å². The average molecular weight is 598 g/mol. The van der Waals surface area contributed by atoms with Crippen LogP contribution in [0.25, 0.3) is 16.5 Å². The van der Waals surface area contributed by atoms with Gasteiger partial charge in [-0.05, 0) is 47.2 Å². The lowest BCUT2D eigenvalue weighted by molar-refractivity contribution is -0.134. The van der Waals surface area contributed by atoms with Crippen LogP contribution in [-0.2, 0) is 19.6 Å². The molecule has 40 heavy (non-hydrogen) atoms. The molecule has 0 radical (unpaired) electrons. The minimum Gasteiger partial charge on any atom is -0.478 e. The number of carbonyl (C=O) groups is 3. The molecule has 0 unspecified atom stereocenters. The van der Waals surface area contributed by atoms with Crippen molar-refractivity contribution in [1.82, 2.24) is 4.31 Å². The summed E-state index contributed by atoms with van der Waals surface area (Å²) in [5.41, 5.74) is 0.347. The fourth-order valence-corrected chi connectivity index (χ4v) is 5.92. The van der Waals surface area contributed by atoms with E-state index in [1.54, 1.807) is 30.3 Å². The van der Waals surface area contributed by atoms with Crippen LogP contribution in [0.4, 0.5) is 0 Å². The van der Waals surface area contributed by atoms with Crippen molar-refractivity contribution in [3.63, 3.8) is 0 Å². The van der Waals surface area contributed by atoms with Crippen LogP contribution >= 0.6 is 23.2 Å². The van der Waals surface area contributed by atoms with Gasteiger partial charge in [0.1, 0.15) is 5.70 Å². The molecule has 4 aromatic carbocycles. The van der Waals surface area contributed by atoms with Gasteiger partial charge in [-0.1, -0.05) is 71.7 Å². The molecule has 0 atom stereocenters. The summed E-state index contributed by atoms with van der Waals surface area (Å²) in [5.74, 6) is -2.31. The number of carboxylic acids is 1. The Kier molecular flexibility index (Phi) is 8.29. The van der Waals surface area contributed by atoms with Crippen LogP contribution < -0.4 is 0 Å². The van der Waals surface area contributed by atoms with Crippen molar-refractivity contribution in [2.45, 2.75) is 11.8 Å². The number of likely N-dealkylation sites (N-methyl/N-ethyl adjacent to an activating group) is 1. The fraction of sp³-hybridized carbons (Fsp3) is 0.0690. The third kappa shape index (κ3) is 5.72. The molecule has 0 spiro atoms. The number of ketones is 1. The fourth-order valence-electron chi connectivity index (χ4n) is 4.04. The number of fused-ring (bicyclic) bond motifs is 2. The Balaban J connectivity index is 0.000000283. The van der Waals surface area contributed by atoms with E-state index < -0.39 is 27.7 Å². The van der Waals surface area contributed by atoms with Gasteiger partial charge in [0, 0.05) is 30.1 Å². The summed E-state index contributed by atoms with van der Waals surface area (Å²) in [5, 5.41) is 10.9. The van der Waals surface area contributed by atoms with Crippen LogP contribution in [0, 0.1) is 0 Å². The Morgan fingerprint density at radius 3 is 2.15 bits per heavy atom. The Bertz CT molecular complexity index is 1820. The maximum absolute atomic E-state index is 13.4. The minimum atomic E-state index is -3.97. The second kappa shape index (κ2) is 11.5. The van der Waals surface area contributed by atoms with E-state index in [-0.39, 0.29) is 32.5 Å². The maximum atomic E-state index is 13.4. The van der Waals surface area contributed by atoms with Gasteiger partial charge in [0.05, 0.1) is 15.5 Å². The van der Waals surface area contributed by atoms with E-state index in [0.717, 1.165) is 15.1 Å². The van der Waals surface area contributed by atoms with Crippen molar-refractivity contribution in [2.24, 2.45) is 0 Å². The summed E-state index contributed by atoms with van der Waals surface area (Å²) in [6.07, 6.45) is 0. The zero-order valence-electron chi connectivity index (χ0n) is 21.1. The largest absolute Gasteiger partial charge is 0.478 e. The molecular weight excluding hydrogens is 577 g/mol. The highest BCUT2D eigenvalue weighted by molar-refractivity contribution is 7.89. The predicted octanol–water partition coefficient (Wildman–Crippen LogP) is 6.28. The number of sulfonamides is 1. The van der Waals surface area contributed by atoms with Gasteiger partial charge in [-0.2, -0.15) is 0 Å². The molecule has 0 bridgehead atoms. The number of carbonyl (C=O) groups excluding carboxylic acids is 2. The van der Waals surface area contributed by atoms with E-state index in [9.17, 15) is 22.8 Å². The van der Waals surface area contributed by atoms with Gasteiger partial charge in [0.2, 0.25) is 5.78 Å². The Morgan fingerprint density at radius 2 is 1.50 bits per heavy atom. The van der Waals surface area contributed by atoms with Gasteiger partial charge in [-0.3, -0.25) is 13.9 Å². The number of allylic oxidation sites excluding steroid dienone is 1. The number of aromatic carboxylic acids is 1. The number of esters is 1. The van der Waals surface area contributed by atoms with E-state index in [1.807, 2.05) is 24.3 Å². The highest BCUT2D eigenvalue weighted by atomic mass is 35.5. The van der Waals surface area contributed by atoms with Gasteiger partial charge < -0.3 is 9.84 Å². The molecule has 0 aliphatic carbocycles. The summed E-state index contributed by atoms with van der Waals surface area (Å²) >= 11 is 11.1. The van der Waals surface area contributed by atoms with Gasteiger partial charge in [-0.15, -0.1) is 0 Å². The van der Waals surface area contributed by atoms with E-state index in [0.29, 0.717) is 10.6 Å². The molecule has 8 nitrogen and oxygen atoms in total. The van der Waals surface area contributed by atoms with Gasteiger partial charge in [0.15, 0.2) is 5.76 Å². The summed E-state index contributed by atoms with van der Waals surface area (Å²) in [6.45, 7) is 1.21. The zero-order valence-corrected chi connectivity index (χ0v) is 23.4. The van der Waals surface area contributed by atoms with E-state index in [1.165, 1.54) is 44.3 Å². The molecule has 1 aliphatic heterocycles. The number of halogens is 2. The molecule has 1 aliphatic rings. The first-order valence-corrected chi connectivity index (χ1v) is 13.8. The quantitative estimate of drug-likeness (QED) is 0.217. The SMILES string of the molecule is CC(=O)OC1=C(C(=O)c2ccc3ccccc3c2)N(C)S(=O)(=O)c2ccccc21.O=C(O)c1ccc(Cl)cc1Cl. The van der Waals surface area contributed by atoms with Crippen molar-refractivity contribution in [3.05, 3.63) is 117 Å². The first-order valence-electron chi connectivity index (χ1n) is 11.6. The summed E-state index contributed by atoms with van der Waals surface area (Å²) in [4.78, 5) is 35.5. The molecule has 0 fully saturated rings. The lowest BCUT2D eigenvalue weighted by atomic mass is 10.0. The normalized spacial score (nSPS) is 13.7. The average Bonchev–Trinajstić information content (AvgIpc) is 2.91. The van der Waals surface area contributed by atoms with Crippen LogP contribution in [0.5, 0.6) is 0 Å². The second-order valence-corrected chi connectivity index (χ2v) is 11.3. The molecular formula is C29H21Cl2NO7S.